The largest absolute Gasteiger partial charge is 0.497 e. The molecule has 2 N–H and O–H groups in total. The Kier molecular flexibility index (Phi) is 5.10. The molecule has 1 aromatic carbocycles. The van der Waals surface area contributed by atoms with Crippen molar-refractivity contribution in [3.8, 4) is 5.75 Å². The van der Waals surface area contributed by atoms with Gasteiger partial charge in [-0.2, -0.15) is 0 Å². The summed E-state index contributed by atoms with van der Waals surface area (Å²) in [4.78, 5) is 34.4. The number of thiophene rings is 1. The fourth-order valence-corrected chi connectivity index (χ4v) is 4.41. The summed E-state index contributed by atoms with van der Waals surface area (Å²) in [5.41, 5.74) is 2.89. The van der Waals surface area contributed by atoms with E-state index in [2.05, 4.69) is 15.3 Å². The molecule has 3 aromatic heterocycles. The zero-order valence-corrected chi connectivity index (χ0v) is 17.4. The molecule has 0 spiro atoms. The Hall–Kier alpha value is -3.13. The van der Waals surface area contributed by atoms with Crippen molar-refractivity contribution in [2.45, 2.75) is 26.8 Å². The van der Waals surface area contributed by atoms with Crippen LogP contribution in [-0.4, -0.2) is 34.1 Å². The SMILES string of the molecule is COc1ccc2[nH]cc(CCNC(=O)Cn3cnc4sc(C)c(C)c4c3=O)c2c1. The highest BCUT2D eigenvalue weighted by molar-refractivity contribution is 7.18. The molecule has 0 aliphatic rings. The third-order valence-electron chi connectivity index (χ3n) is 5.16. The summed E-state index contributed by atoms with van der Waals surface area (Å²) < 4.78 is 6.65. The fourth-order valence-electron chi connectivity index (χ4n) is 3.42. The van der Waals surface area contributed by atoms with E-state index in [1.54, 1.807) is 7.11 Å². The van der Waals surface area contributed by atoms with Crippen molar-refractivity contribution in [3.63, 3.8) is 0 Å². The topological polar surface area (TPSA) is 89.0 Å². The molecule has 0 aliphatic heterocycles. The maximum absolute atomic E-state index is 12.7. The van der Waals surface area contributed by atoms with Crippen LogP contribution < -0.4 is 15.6 Å². The lowest BCUT2D eigenvalue weighted by Crippen LogP contribution is -2.33. The average Bonchev–Trinajstić information content (AvgIpc) is 3.24. The molecule has 7 nitrogen and oxygen atoms in total. The zero-order chi connectivity index (χ0) is 20.5. The third kappa shape index (κ3) is 3.63. The van der Waals surface area contributed by atoms with Gasteiger partial charge in [0.1, 0.15) is 17.1 Å². The highest BCUT2D eigenvalue weighted by Gasteiger charge is 2.14. The van der Waals surface area contributed by atoms with E-state index in [4.69, 9.17) is 4.74 Å². The summed E-state index contributed by atoms with van der Waals surface area (Å²) in [5, 5.41) is 4.57. The number of hydrogen-bond acceptors (Lipinski definition) is 5. The Morgan fingerprint density at radius 2 is 2.17 bits per heavy atom. The van der Waals surface area contributed by atoms with Crippen LogP contribution in [-0.2, 0) is 17.8 Å². The number of aromatic nitrogens is 3. The van der Waals surface area contributed by atoms with Crippen LogP contribution in [0.3, 0.4) is 0 Å². The molecular formula is C21H22N4O3S. The molecule has 3 heterocycles. The number of nitrogens with zero attached hydrogens (tertiary/aromatic N) is 2. The van der Waals surface area contributed by atoms with Gasteiger partial charge in [0.05, 0.1) is 18.8 Å². The molecule has 0 atom stereocenters. The molecule has 0 radical (unpaired) electrons. The molecule has 0 saturated carbocycles. The van der Waals surface area contributed by atoms with Gasteiger partial charge in [0.15, 0.2) is 0 Å². The summed E-state index contributed by atoms with van der Waals surface area (Å²) in [5.74, 6) is 0.582. The van der Waals surface area contributed by atoms with E-state index in [1.165, 1.54) is 22.2 Å². The molecule has 4 rings (SSSR count). The number of carbonyl (C=O) groups excluding carboxylic acids is 1. The minimum absolute atomic E-state index is 0.0438. The Labute approximate surface area is 171 Å². The van der Waals surface area contributed by atoms with Gasteiger partial charge in [0.2, 0.25) is 5.91 Å². The first-order valence-corrected chi connectivity index (χ1v) is 10.2. The van der Waals surface area contributed by atoms with Crippen molar-refractivity contribution < 1.29 is 9.53 Å². The fraction of sp³-hybridized carbons (Fsp3) is 0.286. The van der Waals surface area contributed by atoms with E-state index >= 15 is 0 Å². The second kappa shape index (κ2) is 7.71. The molecule has 29 heavy (non-hydrogen) atoms. The van der Waals surface area contributed by atoms with Gasteiger partial charge in [-0.05, 0) is 49.6 Å². The number of carbonyl (C=O) groups is 1. The average molecular weight is 410 g/mol. The monoisotopic (exact) mass is 410 g/mol. The van der Waals surface area contributed by atoms with Gasteiger partial charge in [0.25, 0.3) is 5.56 Å². The quantitative estimate of drug-likeness (QED) is 0.512. The molecule has 4 aromatic rings. The first kappa shape index (κ1) is 19.2. The minimum atomic E-state index is -0.213. The summed E-state index contributed by atoms with van der Waals surface area (Å²) >= 11 is 1.50. The molecular weight excluding hydrogens is 388 g/mol. The maximum Gasteiger partial charge on any atom is 0.262 e. The number of fused-ring (bicyclic) bond motifs is 2. The van der Waals surface area contributed by atoms with Crippen LogP contribution in [0.4, 0.5) is 0 Å². The summed E-state index contributed by atoms with van der Waals surface area (Å²) in [6.07, 6.45) is 4.07. The van der Waals surface area contributed by atoms with Gasteiger partial charge in [-0.3, -0.25) is 14.2 Å². The standard InChI is InChI=1S/C21H22N4O3S/c1-12-13(2)29-20-19(12)21(27)25(11-24-20)10-18(26)22-7-6-14-9-23-17-5-4-15(28-3)8-16(14)17/h4-5,8-9,11,23H,6-7,10H2,1-3H3,(H,22,26). The highest BCUT2D eigenvalue weighted by atomic mass is 32.1. The normalized spacial score (nSPS) is 11.3. The summed E-state index contributed by atoms with van der Waals surface area (Å²) in [7, 11) is 1.64. The lowest BCUT2D eigenvalue weighted by atomic mass is 10.1. The molecule has 150 valence electrons. The van der Waals surface area contributed by atoms with E-state index < -0.39 is 0 Å². The van der Waals surface area contributed by atoms with E-state index in [0.29, 0.717) is 18.4 Å². The van der Waals surface area contributed by atoms with Crippen molar-refractivity contribution in [3.05, 3.63) is 57.1 Å². The molecule has 0 unspecified atom stereocenters. The smallest absolute Gasteiger partial charge is 0.262 e. The van der Waals surface area contributed by atoms with E-state index in [-0.39, 0.29) is 18.0 Å². The Morgan fingerprint density at radius 1 is 1.34 bits per heavy atom. The Morgan fingerprint density at radius 3 is 2.97 bits per heavy atom. The first-order chi connectivity index (χ1) is 14.0. The number of nitrogens with one attached hydrogen (secondary N) is 2. The minimum Gasteiger partial charge on any atom is -0.497 e. The van der Waals surface area contributed by atoms with Crippen molar-refractivity contribution in [2.75, 3.05) is 13.7 Å². The lowest BCUT2D eigenvalue weighted by Gasteiger charge is -2.07. The van der Waals surface area contributed by atoms with Crippen LogP contribution in [0.2, 0.25) is 0 Å². The summed E-state index contributed by atoms with van der Waals surface area (Å²) in [6.45, 7) is 4.32. The number of methoxy groups -OCH3 is 1. The van der Waals surface area contributed by atoms with Crippen LogP contribution in [0.15, 0.2) is 35.5 Å². The Bertz CT molecular complexity index is 1270. The second-order valence-corrected chi connectivity index (χ2v) is 8.17. The number of aryl methyl sites for hydroxylation is 2. The highest BCUT2D eigenvalue weighted by Crippen LogP contribution is 2.25. The van der Waals surface area contributed by atoms with Gasteiger partial charge < -0.3 is 15.0 Å². The number of benzene rings is 1. The van der Waals surface area contributed by atoms with Crippen molar-refractivity contribution in [2.24, 2.45) is 0 Å². The summed E-state index contributed by atoms with van der Waals surface area (Å²) in [6, 6.07) is 5.86. The van der Waals surface area contributed by atoms with Crippen LogP contribution >= 0.6 is 11.3 Å². The molecule has 0 aliphatic carbocycles. The van der Waals surface area contributed by atoms with E-state index in [9.17, 15) is 9.59 Å². The first-order valence-electron chi connectivity index (χ1n) is 9.33. The molecule has 1 amide bonds. The van der Waals surface area contributed by atoms with Crippen LogP contribution in [0.25, 0.3) is 21.1 Å². The van der Waals surface area contributed by atoms with Gasteiger partial charge in [-0.25, -0.2) is 4.98 Å². The number of rotatable bonds is 6. The predicted molar refractivity (Wildman–Crippen MR) is 115 cm³/mol. The van der Waals surface area contributed by atoms with Crippen molar-refractivity contribution >= 4 is 38.4 Å². The van der Waals surface area contributed by atoms with Crippen LogP contribution in [0.5, 0.6) is 5.75 Å². The van der Waals surface area contributed by atoms with Gasteiger partial charge in [0, 0.05) is 28.5 Å². The maximum atomic E-state index is 12.7. The van der Waals surface area contributed by atoms with Crippen molar-refractivity contribution in [1.29, 1.82) is 0 Å². The number of ether oxygens (including phenoxy) is 1. The third-order valence-corrected chi connectivity index (χ3v) is 6.28. The van der Waals surface area contributed by atoms with E-state index in [0.717, 1.165) is 37.5 Å². The predicted octanol–water partition coefficient (Wildman–Crippen LogP) is 2.92. The molecule has 0 fully saturated rings. The number of amides is 1. The molecule has 8 heteroatoms. The molecule has 0 saturated heterocycles. The molecule has 0 bridgehead atoms. The van der Waals surface area contributed by atoms with Crippen LogP contribution in [0, 0.1) is 13.8 Å². The lowest BCUT2D eigenvalue weighted by molar-refractivity contribution is -0.121. The van der Waals surface area contributed by atoms with Gasteiger partial charge >= 0.3 is 0 Å². The van der Waals surface area contributed by atoms with E-state index in [1.807, 2.05) is 38.2 Å². The number of hydrogen-bond donors (Lipinski definition) is 2. The number of H-pyrrole nitrogens is 1. The van der Waals surface area contributed by atoms with Gasteiger partial charge in [-0.1, -0.05) is 0 Å². The Balaban J connectivity index is 1.42. The zero-order valence-electron chi connectivity index (χ0n) is 16.5. The number of aromatic amines is 1. The van der Waals surface area contributed by atoms with Gasteiger partial charge in [-0.15, -0.1) is 11.3 Å². The van der Waals surface area contributed by atoms with Crippen LogP contribution in [0.1, 0.15) is 16.0 Å². The van der Waals surface area contributed by atoms with Crippen molar-refractivity contribution in [1.82, 2.24) is 19.9 Å². The second-order valence-electron chi connectivity index (χ2n) is 6.97.